The Hall–Kier alpha value is -0.355. The first-order valence-corrected chi connectivity index (χ1v) is 4.06. The van der Waals surface area contributed by atoms with E-state index in [1.54, 1.807) is 19.1 Å². The number of hydrogen-bond donors (Lipinski definition) is 3. The van der Waals surface area contributed by atoms with Crippen LogP contribution >= 0.6 is 11.3 Å². The van der Waals surface area contributed by atoms with Gasteiger partial charge in [-0.1, -0.05) is 6.07 Å². The van der Waals surface area contributed by atoms with Gasteiger partial charge in [0, 0.05) is 9.65 Å². The van der Waals surface area contributed by atoms with Crippen molar-refractivity contribution in [3.8, 4) is 0 Å². The van der Waals surface area contributed by atoms with Crippen LogP contribution in [-0.2, 0) is 0 Å². The van der Waals surface area contributed by atoms with Gasteiger partial charge in [0.2, 0.25) is 0 Å². The zero-order valence-corrected chi connectivity index (χ0v) is 6.88. The Morgan fingerprint density at radius 1 is 1.45 bits per heavy atom. The van der Waals surface area contributed by atoms with Gasteiger partial charge in [0.15, 0.2) is 0 Å². The van der Waals surface area contributed by atoms with Crippen LogP contribution in [-0.4, -0.2) is 22.3 Å². The van der Waals surface area contributed by atoms with Crippen molar-refractivity contribution in [1.82, 2.24) is 0 Å². The lowest BCUT2D eigenvalue weighted by Crippen LogP contribution is -2.26. The van der Waals surface area contributed by atoms with E-state index in [2.05, 4.69) is 0 Å². The average molecular weight is 172 g/mol. The fraction of sp³-hybridized carbons (Fsp3) is 0.333. The second kappa shape index (κ2) is 3.36. The molecule has 0 fully saturated rings. The van der Waals surface area contributed by atoms with E-state index >= 15 is 0 Å². The quantitative estimate of drug-likeness (QED) is 0.526. The summed E-state index contributed by atoms with van der Waals surface area (Å²) in [5, 5.41) is 26.5. The molecule has 5 heteroatoms. The monoisotopic (exact) mass is 172 g/mol. The minimum Gasteiger partial charge on any atom is -0.423 e. The molecule has 0 aromatic carbocycles. The van der Waals surface area contributed by atoms with Crippen LogP contribution in [0, 0.1) is 0 Å². The van der Waals surface area contributed by atoms with Gasteiger partial charge in [-0.05, 0) is 13.0 Å². The lowest BCUT2D eigenvalue weighted by atomic mass is 9.90. The first kappa shape index (κ1) is 8.74. The second-order valence-electron chi connectivity index (χ2n) is 2.29. The minimum absolute atomic E-state index is 0.459. The summed E-state index contributed by atoms with van der Waals surface area (Å²) < 4.78 is 0.459. The van der Waals surface area contributed by atoms with Gasteiger partial charge in [0.05, 0.1) is 6.10 Å². The van der Waals surface area contributed by atoms with Crippen LogP contribution in [0.2, 0.25) is 0 Å². The topological polar surface area (TPSA) is 60.7 Å². The van der Waals surface area contributed by atoms with Gasteiger partial charge in [0.1, 0.15) is 0 Å². The van der Waals surface area contributed by atoms with E-state index < -0.39 is 13.2 Å². The maximum Gasteiger partial charge on any atom is 0.499 e. The smallest absolute Gasteiger partial charge is 0.423 e. The zero-order valence-electron chi connectivity index (χ0n) is 6.06. The van der Waals surface area contributed by atoms with Crippen LogP contribution in [0.4, 0.5) is 0 Å². The Kier molecular flexibility index (Phi) is 2.67. The summed E-state index contributed by atoms with van der Waals surface area (Å²) >= 11 is 1.20. The average Bonchev–Trinajstić information content (AvgIpc) is 2.33. The van der Waals surface area contributed by atoms with Crippen molar-refractivity contribution >= 4 is 23.2 Å². The van der Waals surface area contributed by atoms with Crippen LogP contribution < -0.4 is 4.78 Å². The molecule has 11 heavy (non-hydrogen) atoms. The summed E-state index contributed by atoms with van der Waals surface area (Å²) in [5.41, 5.74) is 0. The van der Waals surface area contributed by atoms with Crippen molar-refractivity contribution in [2.75, 3.05) is 0 Å². The van der Waals surface area contributed by atoms with Gasteiger partial charge in [-0.2, -0.15) is 0 Å². The highest BCUT2D eigenvalue weighted by atomic mass is 32.1. The second-order valence-corrected chi connectivity index (χ2v) is 3.44. The maximum atomic E-state index is 9.07. The van der Waals surface area contributed by atoms with Gasteiger partial charge in [0.25, 0.3) is 0 Å². The highest BCUT2D eigenvalue weighted by Crippen LogP contribution is 2.16. The Morgan fingerprint density at radius 2 is 2.09 bits per heavy atom. The van der Waals surface area contributed by atoms with Crippen molar-refractivity contribution in [3.05, 3.63) is 17.0 Å². The Labute approximate surface area is 69.1 Å². The molecule has 1 aromatic rings. The first-order valence-electron chi connectivity index (χ1n) is 3.25. The predicted molar refractivity (Wildman–Crippen MR) is 44.8 cm³/mol. The maximum absolute atomic E-state index is 9.07. The molecule has 1 atom stereocenters. The van der Waals surface area contributed by atoms with Crippen molar-refractivity contribution in [3.63, 3.8) is 0 Å². The molecule has 3 nitrogen and oxygen atoms in total. The van der Waals surface area contributed by atoms with Gasteiger partial charge in [-0.25, -0.2) is 0 Å². The van der Waals surface area contributed by atoms with Crippen LogP contribution in [0.15, 0.2) is 12.1 Å². The van der Waals surface area contributed by atoms with Gasteiger partial charge >= 0.3 is 7.12 Å². The third kappa shape index (κ3) is 2.03. The molecule has 3 N–H and O–H groups in total. The van der Waals surface area contributed by atoms with E-state index in [1.807, 2.05) is 0 Å². The Morgan fingerprint density at radius 3 is 2.36 bits per heavy atom. The highest BCUT2D eigenvalue weighted by molar-refractivity contribution is 7.22. The van der Waals surface area contributed by atoms with E-state index in [0.717, 1.165) is 4.88 Å². The van der Waals surface area contributed by atoms with Crippen LogP contribution in [0.1, 0.15) is 17.9 Å². The molecule has 0 aliphatic carbocycles. The lowest BCUT2D eigenvalue weighted by molar-refractivity contribution is 0.203. The molecule has 0 aliphatic rings. The molecule has 0 amide bonds. The van der Waals surface area contributed by atoms with Crippen molar-refractivity contribution < 1.29 is 15.2 Å². The highest BCUT2D eigenvalue weighted by Gasteiger charge is 2.14. The lowest BCUT2D eigenvalue weighted by Gasteiger charge is -1.96. The van der Waals surface area contributed by atoms with E-state index in [4.69, 9.17) is 15.2 Å². The molecular weight excluding hydrogens is 163 g/mol. The van der Waals surface area contributed by atoms with Gasteiger partial charge in [-0.15, -0.1) is 11.3 Å². The molecule has 1 heterocycles. The van der Waals surface area contributed by atoms with E-state index in [1.165, 1.54) is 11.3 Å². The molecule has 0 saturated carbocycles. The summed E-state index contributed by atoms with van der Waals surface area (Å²) in [5.74, 6) is 0. The first-order chi connectivity index (χ1) is 5.11. The van der Waals surface area contributed by atoms with Crippen molar-refractivity contribution in [2.45, 2.75) is 13.0 Å². The van der Waals surface area contributed by atoms with Crippen LogP contribution in [0.3, 0.4) is 0 Å². The van der Waals surface area contributed by atoms with Crippen LogP contribution in [0.25, 0.3) is 0 Å². The SMILES string of the molecule is C[C@@H](O)c1ccc(B(O)O)s1. The fourth-order valence-corrected chi connectivity index (χ4v) is 1.55. The largest absolute Gasteiger partial charge is 0.499 e. The van der Waals surface area contributed by atoms with E-state index in [9.17, 15) is 0 Å². The summed E-state index contributed by atoms with van der Waals surface area (Å²) in [6.07, 6.45) is -0.535. The molecule has 0 spiro atoms. The molecule has 1 rings (SSSR count). The molecule has 60 valence electrons. The summed E-state index contributed by atoms with van der Waals surface area (Å²) in [6.45, 7) is 1.64. The van der Waals surface area contributed by atoms with E-state index in [-0.39, 0.29) is 0 Å². The molecule has 0 aliphatic heterocycles. The van der Waals surface area contributed by atoms with E-state index in [0.29, 0.717) is 4.78 Å². The number of rotatable bonds is 2. The third-order valence-corrected chi connectivity index (χ3v) is 2.61. The normalized spacial score (nSPS) is 13.1. The van der Waals surface area contributed by atoms with Gasteiger partial charge in [-0.3, -0.25) is 0 Å². The van der Waals surface area contributed by atoms with Crippen molar-refractivity contribution in [2.24, 2.45) is 0 Å². The molecule has 1 aromatic heterocycles. The van der Waals surface area contributed by atoms with Crippen molar-refractivity contribution in [1.29, 1.82) is 0 Å². The van der Waals surface area contributed by atoms with Crippen LogP contribution in [0.5, 0.6) is 0 Å². The molecule has 0 bridgehead atoms. The van der Waals surface area contributed by atoms with Gasteiger partial charge < -0.3 is 15.2 Å². The Bertz CT molecular complexity index is 211. The molecule has 0 unspecified atom stereocenters. The zero-order chi connectivity index (χ0) is 8.43. The number of thiophene rings is 1. The standard InChI is InChI=1S/C6H9BO3S/c1-4(8)5-2-3-6(11-5)7(9)10/h2-4,8-10H,1H3/t4-/m1/s1. The number of aliphatic hydroxyl groups excluding tert-OH is 1. The number of hydrogen-bond acceptors (Lipinski definition) is 4. The summed E-state index contributed by atoms with van der Waals surface area (Å²) in [4.78, 5) is 0.744. The summed E-state index contributed by atoms with van der Waals surface area (Å²) in [7, 11) is -1.42. The summed E-state index contributed by atoms with van der Waals surface area (Å²) in [6, 6.07) is 3.28. The minimum atomic E-state index is -1.42. The third-order valence-electron chi connectivity index (χ3n) is 1.31. The number of aliphatic hydroxyl groups is 1. The molecule has 0 saturated heterocycles. The Balaban J connectivity index is 2.82. The molecular formula is C6H9BO3S. The predicted octanol–water partition coefficient (Wildman–Crippen LogP) is -0.519. The molecule has 0 radical (unpaired) electrons. The fourth-order valence-electron chi connectivity index (χ4n) is 0.732.